The van der Waals surface area contributed by atoms with Crippen LogP contribution in [0.15, 0.2) is 0 Å². The highest BCUT2D eigenvalue weighted by Gasteiger charge is 2.72. The molecule has 0 aromatic carbocycles. The molecule has 0 radical (unpaired) electrons. The summed E-state index contributed by atoms with van der Waals surface area (Å²) in [6.45, 7) is 10.4. The van der Waals surface area contributed by atoms with Crippen LogP contribution in [-0.4, -0.2) is 35.6 Å². The maximum absolute atomic E-state index is 12.6. The summed E-state index contributed by atoms with van der Waals surface area (Å²) in [5.74, 6) is -1.87. The van der Waals surface area contributed by atoms with Crippen molar-refractivity contribution >= 4 is 11.9 Å². The summed E-state index contributed by atoms with van der Waals surface area (Å²) >= 11 is 0. The van der Waals surface area contributed by atoms with Crippen LogP contribution in [0.25, 0.3) is 0 Å². The van der Waals surface area contributed by atoms with Crippen LogP contribution in [0.4, 0.5) is 0 Å². The van der Waals surface area contributed by atoms with Gasteiger partial charge in [0.25, 0.3) is 0 Å². The van der Waals surface area contributed by atoms with Crippen LogP contribution in [0.2, 0.25) is 0 Å². The van der Waals surface area contributed by atoms with Crippen molar-refractivity contribution in [2.75, 3.05) is 13.2 Å². The monoisotopic (exact) mass is 303 g/mol. The summed E-state index contributed by atoms with van der Waals surface area (Å²) < 4.78 is 9.99. The molecule has 21 heavy (non-hydrogen) atoms. The molecule has 0 N–H and O–H groups in total. The fourth-order valence-corrected chi connectivity index (χ4v) is 2.73. The molecule has 0 rings (SSSR count). The Morgan fingerprint density at radius 1 is 0.952 bits per heavy atom. The van der Waals surface area contributed by atoms with Crippen LogP contribution in [-0.2, 0) is 19.1 Å². The molecule has 0 bridgehead atoms. The van der Waals surface area contributed by atoms with Crippen molar-refractivity contribution in [1.29, 1.82) is 0 Å². The Morgan fingerprint density at radius 2 is 1.29 bits per heavy atom. The SMILES string of the molecule is CCOC(=O)C(C(=O)OCC)(C(C)(C)C)C(C)(C)[N+](=O)[O-]. The highest BCUT2D eigenvalue weighted by atomic mass is 16.6. The fraction of sp³-hybridized carbons (Fsp3) is 0.857. The van der Waals surface area contributed by atoms with Crippen molar-refractivity contribution < 1.29 is 24.0 Å². The summed E-state index contributed by atoms with van der Waals surface area (Å²) in [6, 6.07) is 0. The number of esters is 2. The predicted molar refractivity (Wildman–Crippen MR) is 76.2 cm³/mol. The third-order valence-corrected chi connectivity index (χ3v) is 3.66. The van der Waals surface area contributed by atoms with Crippen LogP contribution in [0.3, 0.4) is 0 Å². The van der Waals surface area contributed by atoms with Crippen molar-refractivity contribution in [3.05, 3.63) is 10.1 Å². The van der Waals surface area contributed by atoms with Crippen molar-refractivity contribution in [1.82, 2.24) is 0 Å². The molecule has 0 spiro atoms. The zero-order chi connectivity index (χ0) is 17.1. The Kier molecular flexibility index (Phi) is 5.90. The molecule has 7 heteroatoms. The number of rotatable bonds is 6. The van der Waals surface area contributed by atoms with Gasteiger partial charge in [-0.25, -0.2) is 0 Å². The fourth-order valence-electron chi connectivity index (χ4n) is 2.73. The second kappa shape index (κ2) is 6.41. The number of ether oxygens (including phenoxy) is 2. The van der Waals surface area contributed by atoms with Gasteiger partial charge in [0.05, 0.1) is 13.2 Å². The summed E-state index contributed by atoms with van der Waals surface area (Å²) in [7, 11) is 0. The summed E-state index contributed by atoms with van der Waals surface area (Å²) in [6.07, 6.45) is 0. The van der Waals surface area contributed by atoms with E-state index >= 15 is 0 Å². The van der Waals surface area contributed by atoms with E-state index in [0.29, 0.717) is 0 Å². The van der Waals surface area contributed by atoms with Gasteiger partial charge in [-0.1, -0.05) is 20.8 Å². The lowest BCUT2D eigenvalue weighted by molar-refractivity contribution is -0.580. The number of carbonyl (C=O) groups is 2. The van der Waals surface area contributed by atoms with E-state index in [9.17, 15) is 19.7 Å². The van der Waals surface area contributed by atoms with Crippen molar-refractivity contribution in [2.24, 2.45) is 10.8 Å². The van der Waals surface area contributed by atoms with E-state index in [2.05, 4.69) is 0 Å². The van der Waals surface area contributed by atoms with E-state index < -0.39 is 33.2 Å². The van der Waals surface area contributed by atoms with E-state index in [0.717, 1.165) is 0 Å². The molecular formula is C14H25NO6. The predicted octanol–water partition coefficient (Wildman–Crippen LogP) is 2.20. The maximum atomic E-state index is 12.6. The Hall–Kier alpha value is -1.66. The standard InChI is InChI=1S/C14H25NO6/c1-8-20-10(16)14(12(3,4)5,11(17)21-9-2)13(6,7)15(18)19/h8-9H2,1-7H3. The molecule has 0 aromatic rings. The van der Waals surface area contributed by atoms with Crippen molar-refractivity contribution in [3.8, 4) is 0 Å². The molecule has 0 fully saturated rings. The molecule has 7 nitrogen and oxygen atoms in total. The minimum absolute atomic E-state index is 0.0177. The van der Waals surface area contributed by atoms with Gasteiger partial charge in [0.2, 0.25) is 11.0 Å². The molecule has 0 aliphatic rings. The molecule has 0 aliphatic heterocycles. The van der Waals surface area contributed by atoms with Gasteiger partial charge >= 0.3 is 11.9 Å². The van der Waals surface area contributed by atoms with Crippen LogP contribution in [0.5, 0.6) is 0 Å². The zero-order valence-electron chi connectivity index (χ0n) is 13.8. The van der Waals surface area contributed by atoms with Crippen molar-refractivity contribution in [3.63, 3.8) is 0 Å². The van der Waals surface area contributed by atoms with Crippen LogP contribution in [0, 0.1) is 20.9 Å². The van der Waals surface area contributed by atoms with Crippen LogP contribution >= 0.6 is 0 Å². The first-order chi connectivity index (χ1) is 9.41. The van der Waals surface area contributed by atoms with Gasteiger partial charge in [0, 0.05) is 18.8 Å². The third-order valence-electron chi connectivity index (χ3n) is 3.66. The average Bonchev–Trinajstić information content (AvgIpc) is 2.27. The number of hydrogen-bond donors (Lipinski definition) is 0. The molecule has 0 atom stereocenters. The van der Waals surface area contributed by atoms with Gasteiger partial charge in [-0.15, -0.1) is 0 Å². The molecular weight excluding hydrogens is 278 g/mol. The lowest BCUT2D eigenvalue weighted by Crippen LogP contribution is -2.66. The lowest BCUT2D eigenvalue weighted by Gasteiger charge is -2.44. The Balaban J connectivity index is 6.46. The number of carbonyl (C=O) groups excluding carboxylic acids is 2. The molecule has 0 aliphatic carbocycles. The van der Waals surface area contributed by atoms with Gasteiger partial charge in [0.1, 0.15) is 0 Å². The van der Waals surface area contributed by atoms with Gasteiger partial charge in [0.15, 0.2) is 0 Å². The Labute approximate surface area is 125 Å². The van der Waals surface area contributed by atoms with E-state index in [1.165, 1.54) is 13.8 Å². The zero-order valence-corrected chi connectivity index (χ0v) is 13.8. The molecule has 0 aromatic heterocycles. The second-order valence-electron chi connectivity index (χ2n) is 6.26. The first-order valence-electron chi connectivity index (χ1n) is 6.90. The van der Waals surface area contributed by atoms with E-state index in [-0.39, 0.29) is 13.2 Å². The van der Waals surface area contributed by atoms with E-state index in [4.69, 9.17) is 9.47 Å². The second-order valence-corrected chi connectivity index (χ2v) is 6.26. The molecule has 0 amide bonds. The average molecular weight is 303 g/mol. The largest absolute Gasteiger partial charge is 0.465 e. The smallest absolute Gasteiger partial charge is 0.331 e. The number of hydrogen-bond acceptors (Lipinski definition) is 6. The lowest BCUT2D eigenvalue weighted by atomic mass is 9.57. The maximum Gasteiger partial charge on any atom is 0.331 e. The first kappa shape index (κ1) is 19.3. The van der Waals surface area contributed by atoms with E-state index in [1.807, 2.05) is 0 Å². The van der Waals surface area contributed by atoms with Gasteiger partial charge < -0.3 is 9.47 Å². The van der Waals surface area contributed by atoms with Crippen LogP contribution in [0.1, 0.15) is 48.5 Å². The van der Waals surface area contributed by atoms with Gasteiger partial charge in [-0.2, -0.15) is 0 Å². The van der Waals surface area contributed by atoms with Gasteiger partial charge in [-0.3, -0.25) is 19.7 Å². The summed E-state index contributed by atoms with van der Waals surface area (Å²) in [4.78, 5) is 36.0. The summed E-state index contributed by atoms with van der Waals surface area (Å²) in [5, 5.41) is 11.5. The molecule has 0 saturated heterocycles. The normalized spacial score (nSPS) is 12.7. The van der Waals surface area contributed by atoms with Gasteiger partial charge in [-0.05, 0) is 19.3 Å². The van der Waals surface area contributed by atoms with Crippen molar-refractivity contribution in [2.45, 2.75) is 54.0 Å². The minimum atomic E-state index is -2.05. The summed E-state index contributed by atoms with van der Waals surface area (Å²) in [5.41, 5.74) is -5.00. The highest BCUT2D eigenvalue weighted by molar-refractivity contribution is 6.02. The van der Waals surface area contributed by atoms with E-state index in [1.54, 1.807) is 34.6 Å². The molecule has 122 valence electrons. The Bertz CT molecular complexity index is 404. The van der Waals surface area contributed by atoms with Crippen LogP contribution < -0.4 is 0 Å². The Morgan fingerprint density at radius 3 is 1.48 bits per heavy atom. The quantitative estimate of drug-likeness (QED) is 0.323. The molecule has 0 unspecified atom stereocenters. The third kappa shape index (κ3) is 3.01. The number of nitro groups is 1. The molecule has 0 heterocycles. The molecule has 0 saturated carbocycles. The topological polar surface area (TPSA) is 95.7 Å². The highest BCUT2D eigenvalue weighted by Crippen LogP contribution is 2.50. The minimum Gasteiger partial charge on any atom is -0.465 e. The first-order valence-corrected chi connectivity index (χ1v) is 6.90. The number of nitrogens with zero attached hydrogens (tertiary/aromatic N) is 1.